The van der Waals surface area contributed by atoms with Crippen LogP contribution >= 0.6 is 15.9 Å². The lowest BCUT2D eigenvalue weighted by molar-refractivity contribution is 0.430. The first-order valence-electron chi connectivity index (χ1n) is 5.04. The Balaban J connectivity index is 2.54. The van der Waals surface area contributed by atoms with Crippen LogP contribution in [0.2, 0.25) is 0 Å². The molecule has 2 aromatic rings. The molecule has 7 heteroatoms. The predicted octanol–water partition coefficient (Wildman–Crippen LogP) is 2.23. The number of nitrogens with zero attached hydrogens (tertiary/aromatic N) is 1. The molecule has 1 aromatic carbocycles. The SMILES string of the molecule is CS(=O)(=O)Cc1noc(N)c1-c1cccc(Br)c1. The highest BCUT2D eigenvalue weighted by Gasteiger charge is 2.19. The monoisotopic (exact) mass is 330 g/mol. The normalized spacial score (nSPS) is 11.7. The zero-order valence-electron chi connectivity index (χ0n) is 9.55. The van der Waals surface area contributed by atoms with E-state index in [-0.39, 0.29) is 11.6 Å². The molecule has 5 nitrogen and oxygen atoms in total. The fourth-order valence-corrected chi connectivity index (χ4v) is 2.73. The number of hydrogen-bond donors (Lipinski definition) is 1. The molecule has 0 saturated carbocycles. The van der Waals surface area contributed by atoms with Crippen LogP contribution in [0.5, 0.6) is 0 Å². The third-order valence-electron chi connectivity index (χ3n) is 2.30. The van der Waals surface area contributed by atoms with Gasteiger partial charge in [0, 0.05) is 10.7 Å². The van der Waals surface area contributed by atoms with E-state index in [1.807, 2.05) is 24.3 Å². The molecular formula is C11H11BrN2O3S. The minimum atomic E-state index is -3.19. The molecule has 0 saturated heterocycles. The van der Waals surface area contributed by atoms with Crippen LogP contribution in [0.15, 0.2) is 33.3 Å². The molecule has 0 aliphatic rings. The van der Waals surface area contributed by atoms with E-state index >= 15 is 0 Å². The van der Waals surface area contributed by atoms with Crippen molar-refractivity contribution in [3.8, 4) is 11.1 Å². The van der Waals surface area contributed by atoms with Crippen LogP contribution in [0.4, 0.5) is 5.88 Å². The van der Waals surface area contributed by atoms with Gasteiger partial charge in [-0.3, -0.25) is 0 Å². The summed E-state index contributed by atoms with van der Waals surface area (Å²) in [6, 6.07) is 7.34. The highest BCUT2D eigenvalue weighted by molar-refractivity contribution is 9.10. The number of anilines is 1. The quantitative estimate of drug-likeness (QED) is 0.932. The Morgan fingerprint density at radius 3 is 2.78 bits per heavy atom. The maximum absolute atomic E-state index is 11.3. The molecule has 0 radical (unpaired) electrons. The van der Waals surface area contributed by atoms with Gasteiger partial charge in [0.1, 0.15) is 5.69 Å². The largest absolute Gasteiger partial charge is 0.367 e. The van der Waals surface area contributed by atoms with Crippen molar-refractivity contribution in [3.05, 3.63) is 34.4 Å². The Kier molecular flexibility index (Phi) is 3.45. The lowest BCUT2D eigenvalue weighted by atomic mass is 10.1. The summed E-state index contributed by atoms with van der Waals surface area (Å²) in [5.74, 6) is -0.0815. The van der Waals surface area contributed by atoms with Crippen LogP contribution in [0.3, 0.4) is 0 Å². The fourth-order valence-electron chi connectivity index (χ4n) is 1.64. The maximum Gasteiger partial charge on any atom is 0.230 e. The molecule has 0 amide bonds. The molecule has 1 aromatic heterocycles. The van der Waals surface area contributed by atoms with Crippen molar-refractivity contribution >= 4 is 31.7 Å². The van der Waals surface area contributed by atoms with Gasteiger partial charge in [0.05, 0.1) is 11.3 Å². The van der Waals surface area contributed by atoms with Crippen molar-refractivity contribution in [1.82, 2.24) is 5.16 Å². The summed E-state index contributed by atoms with van der Waals surface area (Å²) in [6.45, 7) is 0. The molecule has 18 heavy (non-hydrogen) atoms. The first-order valence-corrected chi connectivity index (χ1v) is 7.90. The summed E-state index contributed by atoms with van der Waals surface area (Å²) in [6.07, 6.45) is 1.14. The molecule has 0 aliphatic heterocycles. The average Bonchev–Trinajstić information content (AvgIpc) is 2.57. The summed E-state index contributed by atoms with van der Waals surface area (Å²) < 4.78 is 28.4. The molecule has 1 heterocycles. The van der Waals surface area contributed by atoms with Crippen LogP contribution in [0, 0.1) is 0 Å². The van der Waals surface area contributed by atoms with Gasteiger partial charge >= 0.3 is 0 Å². The number of nitrogen functional groups attached to an aromatic ring is 1. The summed E-state index contributed by atoms with van der Waals surface area (Å²) >= 11 is 3.35. The van der Waals surface area contributed by atoms with Gasteiger partial charge in [0.15, 0.2) is 9.84 Å². The van der Waals surface area contributed by atoms with Crippen LogP contribution < -0.4 is 5.73 Å². The van der Waals surface area contributed by atoms with Crippen molar-refractivity contribution < 1.29 is 12.9 Å². The molecule has 2 N–H and O–H groups in total. The summed E-state index contributed by atoms with van der Waals surface area (Å²) in [5.41, 5.74) is 7.32. The second kappa shape index (κ2) is 4.74. The Labute approximate surface area is 113 Å². The van der Waals surface area contributed by atoms with Gasteiger partial charge < -0.3 is 10.3 Å². The van der Waals surface area contributed by atoms with Gasteiger partial charge in [0.2, 0.25) is 5.88 Å². The molecule has 2 rings (SSSR count). The van der Waals surface area contributed by atoms with Gasteiger partial charge in [-0.25, -0.2) is 8.42 Å². The van der Waals surface area contributed by atoms with Crippen LogP contribution in [-0.2, 0) is 15.6 Å². The van der Waals surface area contributed by atoms with E-state index < -0.39 is 9.84 Å². The second-order valence-corrected chi connectivity index (χ2v) is 7.00. The molecule has 0 aliphatic carbocycles. The third-order valence-corrected chi connectivity index (χ3v) is 3.59. The number of nitrogens with two attached hydrogens (primary N) is 1. The number of hydrogen-bond acceptors (Lipinski definition) is 5. The summed E-state index contributed by atoms with van der Waals surface area (Å²) in [5, 5.41) is 3.71. The molecular weight excluding hydrogens is 320 g/mol. The van der Waals surface area contributed by atoms with Crippen molar-refractivity contribution in [1.29, 1.82) is 0 Å². The van der Waals surface area contributed by atoms with Gasteiger partial charge in [-0.05, 0) is 17.7 Å². The average molecular weight is 331 g/mol. The number of rotatable bonds is 3. The van der Waals surface area contributed by atoms with Gasteiger partial charge in [-0.1, -0.05) is 33.2 Å². The number of aromatic nitrogens is 1. The zero-order valence-corrected chi connectivity index (χ0v) is 12.0. The maximum atomic E-state index is 11.3. The lowest BCUT2D eigenvalue weighted by Gasteiger charge is -2.02. The minimum Gasteiger partial charge on any atom is -0.367 e. The molecule has 0 atom stereocenters. The number of benzene rings is 1. The van der Waals surface area contributed by atoms with E-state index in [1.165, 1.54) is 0 Å². The predicted molar refractivity (Wildman–Crippen MR) is 72.6 cm³/mol. The van der Waals surface area contributed by atoms with E-state index in [0.29, 0.717) is 11.3 Å². The first-order chi connectivity index (χ1) is 8.37. The summed E-state index contributed by atoms with van der Waals surface area (Å²) in [4.78, 5) is 0. The van der Waals surface area contributed by atoms with E-state index in [1.54, 1.807) is 0 Å². The second-order valence-electron chi connectivity index (χ2n) is 3.95. The Morgan fingerprint density at radius 2 is 2.17 bits per heavy atom. The molecule has 0 spiro atoms. The van der Waals surface area contributed by atoms with Crippen LogP contribution in [0.25, 0.3) is 11.1 Å². The Hall–Kier alpha value is -1.34. The van der Waals surface area contributed by atoms with E-state index in [4.69, 9.17) is 10.3 Å². The van der Waals surface area contributed by atoms with Gasteiger partial charge in [-0.15, -0.1) is 0 Å². The van der Waals surface area contributed by atoms with Gasteiger partial charge in [0.25, 0.3) is 0 Å². The van der Waals surface area contributed by atoms with E-state index in [0.717, 1.165) is 16.3 Å². The fraction of sp³-hybridized carbons (Fsp3) is 0.182. The van der Waals surface area contributed by atoms with Crippen molar-refractivity contribution in [2.24, 2.45) is 0 Å². The van der Waals surface area contributed by atoms with E-state index in [2.05, 4.69) is 21.1 Å². The van der Waals surface area contributed by atoms with Gasteiger partial charge in [-0.2, -0.15) is 0 Å². The topological polar surface area (TPSA) is 86.2 Å². The smallest absolute Gasteiger partial charge is 0.230 e. The van der Waals surface area contributed by atoms with Crippen molar-refractivity contribution in [2.75, 3.05) is 12.0 Å². The van der Waals surface area contributed by atoms with E-state index in [9.17, 15) is 8.42 Å². The molecule has 0 fully saturated rings. The highest BCUT2D eigenvalue weighted by atomic mass is 79.9. The molecule has 0 unspecified atom stereocenters. The van der Waals surface area contributed by atoms with Crippen molar-refractivity contribution in [3.63, 3.8) is 0 Å². The number of halogens is 1. The number of sulfone groups is 1. The lowest BCUT2D eigenvalue weighted by Crippen LogP contribution is -2.02. The molecule has 0 bridgehead atoms. The van der Waals surface area contributed by atoms with Crippen molar-refractivity contribution in [2.45, 2.75) is 5.75 Å². The third kappa shape index (κ3) is 2.91. The standard InChI is InChI=1S/C11H11BrN2O3S/c1-18(15,16)6-9-10(11(13)17-14-9)7-3-2-4-8(12)5-7/h2-5H,6,13H2,1H3. The first kappa shape index (κ1) is 13.1. The zero-order chi connectivity index (χ0) is 13.3. The Morgan fingerprint density at radius 1 is 1.44 bits per heavy atom. The minimum absolute atomic E-state index is 0.117. The van der Waals surface area contributed by atoms with Crippen LogP contribution in [0.1, 0.15) is 5.69 Å². The molecule has 96 valence electrons. The highest BCUT2D eigenvalue weighted by Crippen LogP contribution is 2.32. The Bertz CT molecular complexity index is 679. The van der Waals surface area contributed by atoms with Crippen LogP contribution in [-0.4, -0.2) is 19.8 Å². The summed E-state index contributed by atoms with van der Waals surface area (Å²) in [7, 11) is -3.19.